The molecule has 0 aliphatic rings. The molecule has 25 heavy (non-hydrogen) atoms. The number of nitrogens with two attached hydrogens (primary N) is 1. The molecule has 0 aromatic heterocycles. The van der Waals surface area contributed by atoms with Crippen molar-refractivity contribution in [3.63, 3.8) is 0 Å². The molecule has 5 nitrogen and oxygen atoms in total. The Hall–Kier alpha value is -1.89. The third-order valence-corrected chi connectivity index (χ3v) is 5.44. The van der Waals surface area contributed by atoms with E-state index in [-0.39, 0.29) is 6.04 Å². The number of hydrogen-bond donors (Lipinski definition) is 2. The van der Waals surface area contributed by atoms with Crippen LogP contribution < -0.4 is 15.4 Å². The van der Waals surface area contributed by atoms with Gasteiger partial charge in [-0.2, -0.15) is 0 Å². The van der Waals surface area contributed by atoms with Gasteiger partial charge in [0.15, 0.2) is 0 Å². The minimum absolute atomic E-state index is 0.162. The monoisotopic (exact) mass is 361 g/mol. The highest BCUT2D eigenvalue weighted by atomic mass is 32.2. The molecular weight excluding hydrogens is 334 g/mol. The van der Waals surface area contributed by atoms with E-state index in [4.69, 9.17) is 5.73 Å². The molecule has 0 aliphatic carbocycles. The first kappa shape index (κ1) is 19.4. The average Bonchev–Trinajstić information content (AvgIpc) is 2.58. The predicted molar refractivity (Wildman–Crippen MR) is 103 cm³/mol. The summed E-state index contributed by atoms with van der Waals surface area (Å²) in [5.74, 6) is 0. The van der Waals surface area contributed by atoms with Crippen molar-refractivity contribution in [3.8, 4) is 0 Å². The largest absolute Gasteiger partial charge is 0.366 e. The van der Waals surface area contributed by atoms with E-state index >= 15 is 0 Å². The Bertz CT molecular complexity index is 761. The van der Waals surface area contributed by atoms with Gasteiger partial charge in [-0.15, -0.1) is 0 Å². The van der Waals surface area contributed by atoms with Gasteiger partial charge >= 0.3 is 0 Å². The fourth-order valence-electron chi connectivity index (χ4n) is 2.69. The summed E-state index contributed by atoms with van der Waals surface area (Å²) in [6.07, 6.45) is 0.791. The zero-order valence-corrected chi connectivity index (χ0v) is 15.7. The predicted octanol–water partition coefficient (Wildman–Crippen LogP) is 2.73. The van der Waals surface area contributed by atoms with E-state index in [1.807, 2.05) is 56.3 Å². The Balaban J connectivity index is 2.40. The molecule has 0 fully saturated rings. The van der Waals surface area contributed by atoms with E-state index in [0.29, 0.717) is 30.2 Å². The van der Waals surface area contributed by atoms with Crippen LogP contribution in [0.4, 0.5) is 5.69 Å². The van der Waals surface area contributed by atoms with Crippen LogP contribution in [0.2, 0.25) is 0 Å². The Kier molecular flexibility index (Phi) is 6.99. The van der Waals surface area contributed by atoms with Gasteiger partial charge in [-0.1, -0.05) is 42.5 Å². The lowest BCUT2D eigenvalue weighted by Crippen LogP contribution is -2.33. The Morgan fingerprint density at radius 3 is 2.32 bits per heavy atom. The molecule has 0 saturated heterocycles. The van der Waals surface area contributed by atoms with Crippen molar-refractivity contribution in [2.24, 2.45) is 5.73 Å². The normalized spacial score (nSPS) is 11.7. The van der Waals surface area contributed by atoms with Crippen LogP contribution in [0.5, 0.6) is 0 Å². The first-order chi connectivity index (χ1) is 11.9. The molecule has 0 saturated carbocycles. The van der Waals surface area contributed by atoms with Crippen LogP contribution in [0.3, 0.4) is 0 Å². The first-order valence-electron chi connectivity index (χ1n) is 8.54. The molecule has 0 bridgehead atoms. The number of benzene rings is 2. The summed E-state index contributed by atoms with van der Waals surface area (Å²) < 4.78 is 28.1. The molecule has 2 aromatic carbocycles. The third-order valence-electron chi connectivity index (χ3n) is 3.73. The SMILES string of the molecule is CC(C)NS(=O)(=O)c1ccccc1N(CCCN)Cc1ccccc1. The highest BCUT2D eigenvalue weighted by Crippen LogP contribution is 2.27. The zero-order chi connectivity index (χ0) is 18.3. The Morgan fingerprint density at radius 2 is 1.68 bits per heavy atom. The molecule has 0 atom stereocenters. The summed E-state index contributed by atoms with van der Waals surface area (Å²) in [6, 6.07) is 17.0. The molecule has 2 rings (SSSR count). The Labute approximate surface area is 150 Å². The molecule has 2 aromatic rings. The van der Waals surface area contributed by atoms with Gasteiger partial charge in [-0.05, 0) is 44.5 Å². The fourth-order valence-corrected chi connectivity index (χ4v) is 4.17. The van der Waals surface area contributed by atoms with E-state index in [1.165, 1.54) is 0 Å². The maximum Gasteiger partial charge on any atom is 0.242 e. The number of para-hydroxylation sites is 1. The molecular formula is C19H27N3O2S. The number of hydrogen-bond acceptors (Lipinski definition) is 4. The molecule has 0 heterocycles. The highest BCUT2D eigenvalue weighted by molar-refractivity contribution is 7.89. The lowest BCUT2D eigenvalue weighted by Gasteiger charge is -2.27. The molecule has 0 unspecified atom stereocenters. The summed E-state index contributed by atoms with van der Waals surface area (Å²) in [5.41, 5.74) is 7.51. The maximum absolute atomic E-state index is 12.7. The van der Waals surface area contributed by atoms with Crippen LogP contribution in [0.1, 0.15) is 25.8 Å². The lowest BCUT2D eigenvalue weighted by atomic mass is 10.2. The smallest absolute Gasteiger partial charge is 0.242 e. The van der Waals surface area contributed by atoms with Gasteiger partial charge in [-0.3, -0.25) is 0 Å². The van der Waals surface area contributed by atoms with Crippen LogP contribution in [0.25, 0.3) is 0 Å². The number of sulfonamides is 1. The van der Waals surface area contributed by atoms with Gasteiger partial charge in [0.2, 0.25) is 10.0 Å². The van der Waals surface area contributed by atoms with Crippen LogP contribution >= 0.6 is 0 Å². The van der Waals surface area contributed by atoms with E-state index in [9.17, 15) is 8.42 Å². The minimum Gasteiger partial charge on any atom is -0.366 e. The molecule has 0 radical (unpaired) electrons. The summed E-state index contributed by atoms with van der Waals surface area (Å²) in [6.45, 7) is 5.52. The van der Waals surface area contributed by atoms with Gasteiger partial charge in [-0.25, -0.2) is 13.1 Å². The fraction of sp³-hybridized carbons (Fsp3) is 0.368. The highest BCUT2D eigenvalue weighted by Gasteiger charge is 2.22. The van der Waals surface area contributed by atoms with Crippen LogP contribution in [-0.2, 0) is 16.6 Å². The second-order valence-corrected chi connectivity index (χ2v) is 7.98. The Morgan fingerprint density at radius 1 is 1.04 bits per heavy atom. The molecule has 0 amide bonds. The van der Waals surface area contributed by atoms with E-state index in [0.717, 1.165) is 12.0 Å². The summed E-state index contributed by atoms with van der Waals surface area (Å²) in [4.78, 5) is 2.38. The van der Waals surface area contributed by atoms with Gasteiger partial charge < -0.3 is 10.6 Å². The number of anilines is 1. The van der Waals surface area contributed by atoms with Gasteiger partial charge in [0.05, 0.1) is 5.69 Å². The van der Waals surface area contributed by atoms with Crippen molar-refractivity contribution in [2.75, 3.05) is 18.0 Å². The van der Waals surface area contributed by atoms with E-state index < -0.39 is 10.0 Å². The van der Waals surface area contributed by atoms with Gasteiger partial charge in [0.1, 0.15) is 4.90 Å². The number of nitrogens with zero attached hydrogens (tertiary/aromatic N) is 1. The van der Waals surface area contributed by atoms with Crippen LogP contribution in [-0.4, -0.2) is 27.5 Å². The molecule has 136 valence electrons. The van der Waals surface area contributed by atoms with Crippen molar-refractivity contribution < 1.29 is 8.42 Å². The topological polar surface area (TPSA) is 75.4 Å². The van der Waals surface area contributed by atoms with Crippen molar-refractivity contribution in [3.05, 3.63) is 60.2 Å². The standard InChI is InChI=1S/C19H27N3O2S/c1-16(2)21-25(23,24)19-12-7-6-11-18(19)22(14-8-13-20)15-17-9-4-3-5-10-17/h3-7,9-12,16,21H,8,13-15,20H2,1-2H3. The van der Waals surface area contributed by atoms with Crippen molar-refractivity contribution in [1.29, 1.82) is 0 Å². The van der Waals surface area contributed by atoms with E-state index in [2.05, 4.69) is 9.62 Å². The maximum atomic E-state index is 12.7. The first-order valence-corrected chi connectivity index (χ1v) is 10.0. The van der Waals surface area contributed by atoms with Crippen LogP contribution in [0.15, 0.2) is 59.5 Å². The zero-order valence-electron chi connectivity index (χ0n) is 14.9. The summed E-state index contributed by atoms with van der Waals surface area (Å²) >= 11 is 0. The molecule has 3 N–H and O–H groups in total. The quantitative estimate of drug-likeness (QED) is 0.720. The van der Waals surface area contributed by atoms with Gasteiger partial charge in [0.25, 0.3) is 0 Å². The number of nitrogens with one attached hydrogen (secondary N) is 1. The van der Waals surface area contributed by atoms with Crippen molar-refractivity contribution in [1.82, 2.24) is 4.72 Å². The van der Waals surface area contributed by atoms with Crippen molar-refractivity contribution >= 4 is 15.7 Å². The number of rotatable bonds is 9. The summed E-state index contributed by atoms with van der Waals surface area (Å²) in [5, 5.41) is 0. The van der Waals surface area contributed by atoms with Crippen molar-refractivity contribution in [2.45, 2.75) is 37.8 Å². The van der Waals surface area contributed by atoms with Gasteiger partial charge in [0, 0.05) is 19.1 Å². The second-order valence-electron chi connectivity index (χ2n) is 6.29. The minimum atomic E-state index is -3.58. The van der Waals surface area contributed by atoms with E-state index in [1.54, 1.807) is 12.1 Å². The third kappa shape index (κ3) is 5.56. The molecule has 0 aliphatic heterocycles. The second kappa shape index (κ2) is 8.99. The average molecular weight is 362 g/mol. The molecule has 0 spiro atoms. The van der Waals surface area contributed by atoms with Crippen LogP contribution in [0, 0.1) is 0 Å². The lowest BCUT2D eigenvalue weighted by molar-refractivity contribution is 0.569. The summed E-state index contributed by atoms with van der Waals surface area (Å²) in [7, 11) is -3.58. The molecule has 6 heteroatoms.